The zero-order valence-corrected chi connectivity index (χ0v) is 14.3. The van der Waals surface area contributed by atoms with E-state index in [0.717, 1.165) is 5.56 Å². The van der Waals surface area contributed by atoms with Crippen LogP contribution in [0.5, 0.6) is 0 Å². The van der Waals surface area contributed by atoms with Gasteiger partial charge < -0.3 is 5.73 Å². The molecule has 1 amide bonds. The Bertz CT molecular complexity index is 945. The molecule has 3 rings (SSSR count). The van der Waals surface area contributed by atoms with Gasteiger partial charge in [-0.2, -0.15) is 0 Å². The Morgan fingerprint density at radius 3 is 2.65 bits per heavy atom. The van der Waals surface area contributed by atoms with Gasteiger partial charge in [0.2, 0.25) is 0 Å². The van der Waals surface area contributed by atoms with Gasteiger partial charge in [-0.25, -0.2) is 4.98 Å². The van der Waals surface area contributed by atoms with Gasteiger partial charge in [-0.15, -0.1) is 11.3 Å². The van der Waals surface area contributed by atoms with Crippen molar-refractivity contribution in [3.05, 3.63) is 56.7 Å². The lowest BCUT2D eigenvalue weighted by molar-refractivity contribution is 0.100. The van der Waals surface area contributed by atoms with Crippen LogP contribution >= 0.6 is 23.1 Å². The quantitative estimate of drug-likeness (QED) is 0.582. The standard InChI is InChI=1S/C16H15N3O2S2/c1-9-11-14(23-12(9)13(17)20)18-16(22-2)19(15(11)21)8-10-6-4-3-5-7-10/h3-7H,8H2,1-2H3,(H2,17,20). The van der Waals surface area contributed by atoms with Crippen molar-refractivity contribution in [3.8, 4) is 0 Å². The van der Waals surface area contributed by atoms with Crippen LogP contribution in [0.15, 0.2) is 40.3 Å². The molecular weight excluding hydrogens is 330 g/mol. The number of benzene rings is 1. The maximum atomic E-state index is 12.9. The zero-order chi connectivity index (χ0) is 16.6. The number of aryl methyl sites for hydroxylation is 1. The fourth-order valence-corrected chi connectivity index (χ4v) is 4.13. The lowest BCUT2D eigenvalue weighted by Gasteiger charge is -2.10. The minimum absolute atomic E-state index is 0.135. The van der Waals surface area contributed by atoms with Crippen molar-refractivity contribution in [2.24, 2.45) is 5.73 Å². The summed E-state index contributed by atoms with van der Waals surface area (Å²) in [6.07, 6.45) is 1.88. The highest BCUT2D eigenvalue weighted by Crippen LogP contribution is 2.28. The van der Waals surface area contributed by atoms with Crippen LogP contribution < -0.4 is 11.3 Å². The molecule has 5 nitrogen and oxygen atoms in total. The molecule has 0 bridgehead atoms. The van der Waals surface area contributed by atoms with Crippen molar-refractivity contribution in [3.63, 3.8) is 0 Å². The van der Waals surface area contributed by atoms with Gasteiger partial charge in [0.25, 0.3) is 11.5 Å². The average molecular weight is 345 g/mol. The minimum Gasteiger partial charge on any atom is -0.365 e. The number of nitrogens with zero attached hydrogens (tertiary/aromatic N) is 2. The summed E-state index contributed by atoms with van der Waals surface area (Å²) >= 11 is 2.59. The Balaban J connectivity index is 2.25. The van der Waals surface area contributed by atoms with Gasteiger partial charge in [0.1, 0.15) is 4.83 Å². The first-order chi connectivity index (χ1) is 11.0. The molecule has 2 N–H and O–H groups in total. The van der Waals surface area contributed by atoms with E-state index in [2.05, 4.69) is 4.98 Å². The van der Waals surface area contributed by atoms with Crippen LogP contribution in [0.25, 0.3) is 10.2 Å². The predicted molar refractivity (Wildman–Crippen MR) is 94.5 cm³/mol. The second-order valence-electron chi connectivity index (χ2n) is 5.08. The van der Waals surface area contributed by atoms with Crippen molar-refractivity contribution in [1.82, 2.24) is 9.55 Å². The molecule has 0 saturated heterocycles. The van der Waals surface area contributed by atoms with Crippen LogP contribution in [0.4, 0.5) is 0 Å². The Morgan fingerprint density at radius 2 is 2.04 bits per heavy atom. The predicted octanol–water partition coefficient (Wildman–Crippen LogP) is 2.64. The van der Waals surface area contributed by atoms with Crippen LogP contribution in [-0.2, 0) is 6.54 Å². The molecule has 7 heteroatoms. The van der Waals surface area contributed by atoms with Gasteiger partial charge in [-0.3, -0.25) is 14.2 Å². The normalized spacial score (nSPS) is 11.0. The third-order valence-electron chi connectivity index (χ3n) is 3.61. The molecule has 2 aromatic heterocycles. The Morgan fingerprint density at radius 1 is 1.35 bits per heavy atom. The molecule has 0 saturated carbocycles. The van der Waals surface area contributed by atoms with E-state index >= 15 is 0 Å². The van der Waals surface area contributed by atoms with E-state index in [0.29, 0.717) is 32.4 Å². The molecule has 23 heavy (non-hydrogen) atoms. The summed E-state index contributed by atoms with van der Waals surface area (Å²) in [5.74, 6) is -0.523. The van der Waals surface area contributed by atoms with E-state index in [1.165, 1.54) is 23.1 Å². The zero-order valence-electron chi connectivity index (χ0n) is 12.7. The molecule has 0 aliphatic carbocycles. The van der Waals surface area contributed by atoms with Crippen LogP contribution in [0.1, 0.15) is 20.8 Å². The number of carbonyl (C=O) groups excluding carboxylic acids is 1. The van der Waals surface area contributed by atoms with Crippen LogP contribution in [0, 0.1) is 6.92 Å². The van der Waals surface area contributed by atoms with E-state index in [9.17, 15) is 9.59 Å². The number of amides is 1. The molecule has 0 atom stereocenters. The Labute approximate surface area is 141 Å². The number of nitrogens with two attached hydrogens (primary N) is 1. The summed E-state index contributed by atoms with van der Waals surface area (Å²) in [7, 11) is 0. The molecule has 0 spiro atoms. The molecule has 0 radical (unpaired) electrons. The maximum absolute atomic E-state index is 12.9. The summed E-state index contributed by atoms with van der Waals surface area (Å²) in [6, 6.07) is 9.75. The van der Waals surface area contributed by atoms with E-state index in [-0.39, 0.29) is 5.56 Å². The molecule has 3 aromatic rings. The molecule has 0 aliphatic rings. The fraction of sp³-hybridized carbons (Fsp3) is 0.188. The van der Waals surface area contributed by atoms with Crippen molar-refractivity contribution in [2.75, 3.05) is 6.26 Å². The summed E-state index contributed by atoms with van der Waals surface area (Å²) < 4.78 is 1.65. The van der Waals surface area contributed by atoms with Gasteiger partial charge in [0.05, 0.1) is 16.8 Å². The number of thioether (sulfide) groups is 1. The summed E-state index contributed by atoms with van der Waals surface area (Å²) in [5.41, 5.74) is 6.89. The van der Waals surface area contributed by atoms with E-state index in [1.807, 2.05) is 36.6 Å². The Hall–Kier alpha value is -2.12. The average Bonchev–Trinajstić information content (AvgIpc) is 2.88. The molecule has 0 unspecified atom stereocenters. The van der Waals surface area contributed by atoms with Crippen molar-refractivity contribution < 1.29 is 4.79 Å². The van der Waals surface area contributed by atoms with E-state index < -0.39 is 5.91 Å². The summed E-state index contributed by atoms with van der Waals surface area (Å²) in [4.78, 5) is 30.0. The highest BCUT2D eigenvalue weighted by atomic mass is 32.2. The van der Waals surface area contributed by atoms with Gasteiger partial charge in [0, 0.05) is 0 Å². The highest BCUT2D eigenvalue weighted by Gasteiger charge is 2.20. The molecule has 0 aliphatic heterocycles. The fourth-order valence-electron chi connectivity index (χ4n) is 2.49. The third kappa shape index (κ3) is 2.77. The first-order valence-electron chi connectivity index (χ1n) is 6.94. The second kappa shape index (κ2) is 6.17. The highest BCUT2D eigenvalue weighted by molar-refractivity contribution is 7.98. The maximum Gasteiger partial charge on any atom is 0.263 e. The monoisotopic (exact) mass is 345 g/mol. The molecule has 0 fully saturated rings. The van der Waals surface area contributed by atoms with E-state index in [1.54, 1.807) is 11.5 Å². The number of rotatable bonds is 4. The first kappa shape index (κ1) is 15.8. The second-order valence-corrected chi connectivity index (χ2v) is 6.85. The first-order valence-corrected chi connectivity index (χ1v) is 8.98. The number of aromatic nitrogens is 2. The van der Waals surface area contributed by atoms with Gasteiger partial charge >= 0.3 is 0 Å². The van der Waals surface area contributed by atoms with Crippen molar-refractivity contribution >= 4 is 39.2 Å². The Kier molecular flexibility index (Phi) is 4.23. The number of hydrogen-bond acceptors (Lipinski definition) is 5. The third-order valence-corrected chi connectivity index (χ3v) is 5.48. The SMILES string of the molecule is CSc1nc2sc(C(N)=O)c(C)c2c(=O)n1Cc1ccccc1. The number of thiophene rings is 1. The summed E-state index contributed by atoms with van der Waals surface area (Å²) in [5, 5.41) is 1.11. The number of hydrogen-bond donors (Lipinski definition) is 1. The van der Waals surface area contributed by atoms with Crippen LogP contribution in [-0.4, -0.2) is 21.7 Å². The number of primary amides is 1. The largest absolute Gasteiger partial charge is 0.365 e. The van der Waals surface area contributed by atoms with Crippen molar-refractivity contribution in [1.29, 1.82) is 0 Å². The van der Waals surface area contributed by atoms with Crippen LogP contribution in [0.3, 0.4) is 0 Å². The molecule has 2 heterocycles. The smallest absolute Gasteiger partial charge is 0.263 e. The van der Waals surface area contributed by atoms with Gasteiger partial charge in [-0.1, -0.05) is 42.1 Å². The molecule has 1 aromatic carbocycles. The summed E-state index contributed by atoms with van der Waals surface area (Å²) in [6.45, 7) is 2.19. The van der Waals surface area contributed by atoms with E-state index in [4.69, 9.17) is 5.73 Å². The number of carbonyl (C=O) groups is 1. The lowest BCUT2D eigenvalue weighted by Crippen LogP contribution is -2.23. The van der Waals surface area contributed by atoms with Gasteiger partial charge in [0.15, 0.2) is 5.16 Å². The van der Waals surface area contributed by atoms with Crippen molar-refractivity contribution in [2.45, 2.75) is 18.6 Å². The van der Waals surface area contributed by atoms with Gasteiger partial charge in [-0.05, 0) is 24.3 Å². The van der Waals surface area contributed by atoms with Crippen LogP contribution in [0.2, 0.25) is 0 Å². The molecular formula is C16H15N3O2S2. The lowest BCUT2D eigenvalue weighted by atomic mass is 10.2. The topological polar surface area (TPSA) is 78.0 Å². The minimum atomic E-state index is -0.523. The number of fused-ring (bicyclic) bond motifs is 1. The molecule has 118 valence electrons.